The van der Waals surface area contributed by atoms with Gasteiger partial charge in [-0.25, -0.2) is 4.79 Å². The van der Waals surface area contributed by atoms with E-state index < -0.39 is 11.2 Å². The minimum Gasteiger partial charge on any atom is -0.424 e. The van der Waals surface area contributed by atoms with Crippen LogP contribution in [0, 0.1) is 23.2 Å². The van der Waals surface area contributed by atoms with Crippen LogP contribution < -0.4 is 0 Å². The highest BCUT2D eigenvalue weighted by Crippen LogP contribution is 2.59. The van der Waals surface area contributed by atoms with Gasteiger partial charge in [-0.2, -0.15) is 0 Å². The second-order valence-electron chi connectivity index (χ2n) is 10.0. The fraction of sp³-hybridized carbons (Fsp3) is 0.957. The summed E-state index contributed by atoms with van der Waals surface area (Å²) >= 11 is 3.87. The van der Waals surface area contributed by atoms with Gasteiger partial charge in [0.25, 0.3) is 5.62 Å². The summed E-state index contributed by atoms with van der Waals surface area (Å²) in [6, 6.07) is 0. The second kappa shape index (κ2) is 11.3. The van der Waals surface area contributed by atoms with Gasteiger partial charge in [0.05, 0.1) is 15.3 Å². The summed E-state index contributed by atoms with van der Waals surface area (Å²) in [4.78, 5) is 12.4. The van der Waals surface area contributed by atoms with Gasteiger partial charge in [0.15, 0.2) is 5.60 Å². The predicted molar refractivity (Wildman–Crippen MR) is 134 cm³/mol. The lowest BCUT2D eigenvalue weighted by atomic mass is 9.61. The van der Waals surface area contributed by atoms with Crippen LogP contribution in [0.5, 0.6) is 0 Å². The monoisotopic (exact) mass is 570 g/mol. The van der Waals surface area contributed by atoms with Gasteiger partial charge < -0.3 is 13.7 Å². The Balaban J connectivity index is 1.49. The van der Waals surface area contributed by atoms with Gasteiger partial charge in [-0.05, 0) is 80.8 Å². The average Bonchev–Trinajstić information content (AvgIpc) is 3.19. The number of ether oxygens (including phenoxy) is 2. The Morgan fingerprint density at radius 2 is 2.07 bits per heavy atom. The Labute approximate surface area is 203 Å². The van der Waals surface area contributed by atoms with Crippen LogP contribution in [-0.2, 0) is 18.5 Å². The number of carbonyl (C=O) groups excluding carboxylic acids is 1. The first-order chi connectivity index (χ1) is 14.3. The van der Waals surface area contributed by atoms with Crippen molar-refractivity contribution < 1.29 is 18.5 Å². The lowest BCUT2D eigenvalue weighted by Gasteiger charge is -2.46. The summed E-state index contributed by atoms with van der Waals surface area (Å²) < 4.78 is 17.6. The molecule has 0 spiro atoms. The lowest BCUT2D eigenvalue weighted by Crippen LogP contribution is -2.42. The molecule has 0 amide bonds. The van der Waals surface area contributed by atoms with Crippen molar-refractivity contribution in [3.05, 3.63) is 0 Å². The van der Waals surface area contributed by atoms with Crippen molar-refractivity contribution in [2.75, 3.05) is 5.75 Å². The fourth-order valence-corrected chi connectivity index (χ4v) is 8.48. The number of cyclic esters (lactones) is 1. The molecule has 4 nitrogen and oxygen atoms in total. The van der Waals surface area contributed by atoms with Crippen LogP contribution in [0.25, 0.3) is 0 Å². The molecule has 1 aliphatic heterocycles. The highest BCUT2D eigenvalue weighted by Gasteiger charge is 2.53. The molecule has 1 saturated heterocycles. The number of unbranched alkanes of at least 4 members (excludes halogenated alkanes) is 1. The van der Waals surface area contributed by atoms with Crippen molar-refractivity contribution >= 4 is 48.2 Å². The second-order valence-corrected chi connectivity index (χ2v) is 12.5. The Hall–Kier alpha value is 0.820. The molecule has 0 radical (unpaired) electrons. The van der Waals surface area contributed by atoms with E-state index in [2.05, 4.69) is 42.0 Å². The molecule has 0 bridgehead atoms. The van der Waals surface area contributed by atoms with Crippen molar-refractivity contribution in [1.29, 1.82) is 0 Å². The van der Waals surface area contributed by atoms with Crippen LogP contribution in [-0.4, -0.2) is 29.0 Å². The Kier molecular flexibility index (Phi) is 9.58. The van der Waals surface area contributed by atoms with Gasteiger partial charge in [-0.1, -0.05) is 51.8 Å². The maximum absolute atomic E-state index is 12.4. The molecule has 30 heavy (non-hydrogen) atoms. The third kappa shape index (κ3) is 5.65. The van der Waals surface area contributed by atoms with Gasteiger partial charge in [-0.3, -0.25) is 0 Å². The summed E-state index contributed by atoms with van der Waals surface area (Å²) in [6.45, 7) is 9.03. The normalized spacial score (nSPS) is 39.7. The number of rotatable bonds is 11. The topological polar surface area (TPSA) is 44.8 Å². The molecule has 0 aromatic heterocycles. The molecule has 0 aromatic rings. The first-order valence-electron chi connectivity index (χ1n) is 11.8. The largest absolute Gasteiger partial charge is 0.424 e. The third-order valence-electron chi connectivity index (χ3n) is 8.04. The number of carbonyl (C=O) groups is 1. The first kappa shape index (κ1) is 25.4. The van der Waals surface area contributed by atoms with Crippen molar-refractivity contribution in [2.24, 2.45) is 23.2 Å². The SMILES string of the molecule is CCCCS[C@@H]1OC(=O)[C@@](C)(CCC[C@@H](C)C2CCC3C(OSI)CCCC32C)O1. The summed E-state index contributed by atoms with van der Waals surface area (Å²) in [5.41, 5.74) is -0.786. The standard InChI is InChI=1S/C23H39IO4S2/c1-5-6-15-29-21-26-20(25)23(4,27-21)14-7-9-16(2)17-11-12-18-19(28-30-24)10-8-13-22(17,18)3/h16-19,21H,5-15H2,1-4H3/t16-,17?,18?,19?,21-,22?,23-/m1/s1. The van der Waals surface area contributed by atoms with Crippen LogP contribution >= 0.6 is 42.2 Å². The average molecular weight is 571 g/mol. The number of fused-ring (bicyclic) bond motifs is 1. The zero-order valence-corrected chi connectivity index (χ0v) is 22.8. The van der Waals surface area contributed by atoms with Crippen LogP contribution in [0.2, 0.25) is 0 Å². The summed E-state index contributed by atoms with van der Waals surface area (Å²) in [6.07, 6.45) is 12.1. The molecule has 3 rings (SSSR count). The van der Waals surface area contributed by atoms with Gasteiger partial charge in [0.2, 0.25) is 0 Å². The van der Waals surface area contributed by atoms with E-state index in [1.165, 1.54) is 41.3 Å². The van der Waals surface area contributed by atoms with Crippen LogP contribution in [0.15, 0.2) is 0 Å². The number of thioether (sulfide) groups is 1. The minimum atomic E-state index is -0.771. The molecule has 3 fully saturated rings. The zero-order chi connectivity index (χ0) is 21.8. The maximum atomic E-state index is 12.4. The molecule has 2 saturated carbocycles. The molecule has 0 aromatic carbocycles. The molecule has 174 valence electrons. The van der Waals surface area contributed by atoms with E-state index in [1.54, 1.807) is 11.8 Å². The Morgan fingerprint density at radius 1 is 1.27 bits per heavy atom. The molecule has 3 aliphatic rings. The zero-order valence-electron chi connectivity index (χ0n) is 19.0. The van der Waals surface area contributed by atoms with Gasteiger partial charge >= 0.3 is 5.97 Å². The quantitative estimate of drug-likeness (QED) is 0.111. The molecule has 7 atom stereocenters. The number of esters is 1. The smallest absolute Gasteiger partial charge is 0.341 e. The first-order valence-corrected chi connectivity index (χ1v) is 16.1. The molecular weight excluding hydrogens is 531 g/mol. The van der Waals surface area contributed by atoms with E-state index in [0.29, 0.717) is 23.4 Å². The third-order valence-corrected chi connectivity index (χ3v) is 9.97. The predicted octanol–water partition coefficient (Wildman–Crippen LogP) is 7.54. The number of halogens is 1. The summed E-state index contributed by atoms with van der Waals surface area (Å²) in [5.74, 6) is 2.92. The molecular formula is C23H39IO4S2. The van der Waals surface area contributed by atoms with Crippen molar-refractivity contribution in [1.82, 2.24) is 0 Å². The molecule has 7 heteroatoms. The summed E-state index contributed by atoms with van der Waals surface area (Å²) in [5, 5.41) is 0. The van der Waals surface area contributed by atoms with Crippen LogP contribution in [0.1, 0.15) is 91.9 Å². The molecule has 2 aliphatic carbocycles. The lowest BCUT2D eigenvalue weighted by molar-refractivity contribution is -0.143. The highest BCUT2D eigenvalue weighted by molar-refractivity contribution is 14.2. The summed E-state index contributed by atoms with van der Waals surface area (Å²) in [7, 11) is 1.51. The molecule has 4 unspecified atom stereocenters. The number of hydrogen-bond donors (Lipinski definition) is 0. The Bertz CT molecular complexity index is 577. The minimum absolute atomic E-state index is 0.180. The van der Waals surface area contributed by atoms with E-state index in [1.807, 2.05) is 6.92 Å². The van der Waals surface area contributed by atoms with Crippen LogP contribution in [0.4, 0.5) is 0 Å². The molecule has 1 heterocycles. The van der Waals surface area contributed by atoms with E-state index in [-0.39, 0.29) is 5.97 Å². The van der Waals surface area contributed by atoms with Gasteiger partial charge in [0, 0.05) is 21.2 Å². The highest BCUT2D eigenvalue weighted by atomic mass is 127. The van der Waals surface area contributed by atoms with E-state index >= 15 is 0 Å². The van der Waals surface area contributed by atoms with Crippen LogP contribution in [0.3, 0.4) is 0 Å². The van der Waals surface area contributed by atoms with Gasteiger partial charge in [0.1, 0.15) is 0 Å². The van der Waals surface area contributed by atoms with Crippen molar-refractivity contribution in [3.8, 4) is 0 Å². The van der Waals surface area contributed by atoms with E-state index in [9.17, 15) is 4.79 Å². The van der Waals surface area contributed by atoms with Gasteiger partial charge in [-0.15, -0.1) is 0 Å². The fourth-order valence-electron chi connectivity index (χ4n) is 6.27. The number of hydrogen-bond acceptors (Lipinski definition) is 6. The maximum Gasteiger partial charge on any atom is 0.341 e. The van der Waals surface area contributed by atoms with E-state index in [0.717, 1.165) is 43.8 Å². The molecule has 0 N–H and O–H groups in total. The van der Waals surface area contributed by atoms with E-state index in [4.69, 9.17) is 13.7 Å². The Morgan fingerprint density at radius 3 is 2.80 bits per heavy atom. The van der Waals surface area contributed by atoms with Crippen molar-refractivity contribution in [3.63, 3.8) is 0 Å². The van der Waals surface area contributed by atoms with Crippen molar-refractivity contribution in [2.45, 2.75) is 109 Å².